The van der Waals surface area contributed by atoms with Gasteiger partial charge in [-0.2, -0.15) is 13.2 Å². The average Bonchev–Trinajstić information content (AvgIpc) is 2.19. The molecule has 2 N–H and O–H groups in total. The van der Waals surface area contributed by atoms with Gasteiger partial charge in [-0.15, -0.1) is 0 Å². The van der Waals surface area contributed by atoms with Gasteiger partial charge in [-0.25, -0.2) is 0 Å². The van der Waals surface area contributed by atoms with Crippen molar-refractivity contribution in [2.24, 2.45) is 5.73 Å². The van der Waals surface area contributed by atoms with Crippen LogP contribution in [0.1, 0.15) is 17.5 Å². The Labute approximate surface area is 100.0 Å². The summed E-state index contributed by atoms with van der Waals surface area (Å²) in [5.74, 6) is 5.07. The molecule has 5 heteroatoms. The van der Waals surface area contributed by atoms with Crippen LogP contribution in [0.2, 0.25) is 0 Å². The lowest BCUT2D eigenvalue weighted by atomic mass is 10.1. The number of nitrogens with two attached hydrogens (primary N) is 1. The summed E-state index contributed by atoms with van der Waals surface area (Å²) in [6, 6.07) is 3.89. The average molecular weight is 292 g/mol. The zero-order chi connectivity index (χ0) is 12.2. The molecule has 0 aliphatic carbocycles. The number of hydrogen-bond donors (Lipinski definition) is 1. The molecule has 0 radical (unpaired) electrons. The van der Waals surface area contributed by atoms with Gasteiger partial charge in [0, 0.05) is 23.0 Å². The molecule has 0 saturated carbocycles. The molecule has 1 nitrogen and oxygen atoms in total. The van der Waals surface area contributed by atoms with E-state index in [9.17, 15) is 13.2 Å². The van der Waals surface area contributed by atoms with Gasteiger partial charge >= 0.3 is 6.18 Å². The van der Waals surface area contributed by atoms with E-state index in [2.05, 4.69) is 27.8 Å². The summed E-state index contributed by atoms with van der Waals surface area (Å²) in [5, 5.41) is 0. The molecule has 0 fully saturated rings. The molecule has 0 bridgehead atoms. The maximum atomic E-state index is 12.6. The minimum absolute atomic E-state index is 0.0239. The topological polar surface area (TPSA) is 26.0 Å². The van der Waals surface area contributed by atoms with Gasteiger partial charge in [0.2, 0.25) is 0 Å². The first kappa shape index (κ1) is 13.1. The third kappa shape index (κ3) is 3.54. The van der Waals surface area contributed by atoms with Crippen LogP contribution >= 0.6 is 15.9 Å². The second-order valence-corrected chi connectivity index (χ2v) is 3.94. The van der Waals surface area contributed by atoms with Gasteiger partial charge in [0.05, 0.1) is 5.56 Å². The van der Waals surface area contributed by atoms with Crippen molar-refractivity contribution in [2.45, 2.75) is 12.6 Å². The Morgan fingerprint density at radius 1 is 1.31 bits per heavy atom. The van der Waals surface area contributed by atoms with Crippen molar-refractivity contribution in [1.82, 2.24) is 0 Å². The quantitative estimate of drug-likeness (QED) is 0.790. The van der Waals surface area contributed by atoms with Crippen LogP contribution in [0.25, 0.3) is 0 Å². The first-order valence-corrected chi connectivity index (χ1v) is 5.30. The van der Waals surface area contributed by atoms with E-state index in [0.29, 0.717) is 17.4 Å². The van der Waals surface area contributed by atoms with Crippen molar-refractivity contribution >= 4 is 15.9 Å². The van der Waals surface area contributed by atoms with E-state index in [1.807, 2.05) is 0 Å². The fourth-order valence-corrected chi connectivity index (χ4v) is 1.45. The summed E-state index contributed by atoms with van der Waals surface area (Å²) in [4.78, 5) is 0. The molecule has 1 aromatic carbocycles. The highest BCUT2D eigenvalue weighted by Gasteiger charge is 2.33. The van der Waals surface area contributed by atoms with Gasteiger partial charge in [0.25, 0.3) is 0 Å². The second kappa shape index (κ2) is 5.37. The first-order chi connectivity index (χ1) is 7.45. The molecule has 0 aliphatic rings. The van der Waals surface area contributed by atoms with Crippen LogP contribution in [-0.4, -0.2) is 6.54 Å². The Kier molecular flexibility index (Phi) is 4.39. The molecule has 16 heavy (non-hydrogen) atoms. The first-order valence-electron chi connectivity index (χ1n) is 4.51. The van der Waals surface area contributed by atoms with Crippen LogP contribution in [-0.2, 0) is 6.18 Å². The van der Waals surface area contributed by atoms with E-state index in [4.69, 9.17) is 5.73 Å². The summed E-state index contributed by atoms with van der Waals surface area (Å²) in [7, 11) is 0. The second-order valence-electron chi connectivity index (χ2n) is 3.03. The molecule has 0 atom stereocenters. The number of alkyl halides is 3. The van der Waals surface area contributed by atoms with Gasteiger partial charge < -0.3 is 5.73 Å². The van der Waals surface area contributed by atoms with Crippen LogP contribution in [0.3, 0.4) is 0 Å². The largest absolute Gasteiger partial charge is 0.417 e. The van der Waals surface area contributed by atoms with Crippen molar-refractivity contribution in [3.8, 4) is 11.8 Å². The summed E-state index contributed by atoms with van der Waals surface area (Å²) in [6.07, 6.45) is -4.01. The van der Waals surface area contributed by atoms with E-state index in [1.54, 1.807) is 0 Å². The zero-order valence-corrected chi connectivity index (χ0v) is 9.82. The van der Waals surface area contributed by atoms with Gasteiger partial charge in [-0.05, 0) is 18.2 Å². The van der Waals surface area contributed by atoms with Crippen LogP contribution in [0, 0.1) is 11.8 Å². The van der Waals surface area contributed by atoms with Crippen LogP contribution in [0.5, 0.6) is 0 Å². The summed E-state index contributed by atoms with van der Waals surface area (Å²) in [6.45, 7) is 0.338. The van der Waals surface area contributed by atoms with Crippen molar-refractivity contribution in [3.63, 3.8) is 0 Å². The molecule has 0 aliphatic heterocycles. The highest BCUT2D eigenvalue weighted by Crippen LogP contribution is 2.33. The Hall–Kier alpha value is -0.990. The molecule has 1 rings (SSSR count). The molecular weight excluding hydrogens is 283 g/mol. The standard InChI is InChI=1S/C11H9BrF3N/c12-9-5-4-8(3-1-2-6-16)10(7-9)11(13,14)15/h4-5,7H,2,6,16H2. The maximum absolute atomic E-state index is 12.6. The lowest BCUT2D eigenvalue weighted by Crippen LogP contribution is -2.07. The summed E-state index contributed by atoms with van der Waals surface area (Å²) in [5.41, 5.74) is 4.45. The monoisotopic (exact) mass is 291 g/mol. The van der Waals surface area contributed by atoms with Crippen LogP contribution in [0.4, 0.5) is 13.2 Å². The van der Waals surface area contributed by atoms with Crippen LogP contribution < -0.4 is 5.73 Å². The lowest BCUT2D eigenvalue weighted by molar-refractivity contribution is -0.137. The minimum atomic E-state index is -4.39. The fraction of sp³-hybridized carbons (Fsp3) is 0.273. The SMILES string of the molecule is NCCC#Cc1ccc(Br)cc1C(F)(F)F. The Balaban J connectivity index is 3.15. The molecule has 86 valence electrons. The molecule has 0 saturated heterocycles. The number of rotatable bonds is 1. The molecular formula is C11H9BrF3N. The summed E-state index contributed by atoms with van der Waals surface area (Å²) < 4.78 is 38.3. The molecule has 0 heterocycles. The van der Waals surface area contributed by atoms with Gasteiger partial charge in [-0.1, -0.05) is 27.8 Å². The Morgan fingerprint density at radius 3 is 2.56 bits per heavy atom. The highest BCUT2D eigenvalue weighted by molar-refractivity contribution is 9.10. The van der Waals surface area contributed by atoms with Gasteiger partial charge in [0.15, 0.2) is 0 Å². The third-order valence-electron chi connectivity index (χ3n) is 1.78. The van der Waals surface area contributed by atoms with Crippen LogP contribution in [0.15, 0.2) is 22.7 Å². The van der Waals surface area contributed by atoms with Crippen molar-refractivity contribution in [2.75, 3.05) is 6.54 Å². The fourth-order valence-electron chi connectivity index (χ4n) is 1.09. The molecule has 0 aromatic heterocycles. The smallest absolute Gasteiger partial charge is 0.330 e. The molecule has 0 unspecified atom stereocenters. The van der Waals surface area contributed by atoms with Crippen molar-refractivity contribution in [3.05, 3.63) is 33.8 Å². The molecule has 0 spiro atoms. The number of halogens is 4. The lowest BCUT2D eigenvalue weighted by Gasteiger charge is -2.09. The van der Waals surface area contributed by atoms with E-state index in [0.717, 1.165) is 6.07 Å². The zero-order valence-electron chi connectivity index (χ0n) is 8.24. The molecule has 1 aromatic rings. The number of benzene rings is 1. The minimum Gasteiger partial charge on any atom is -0.330 e. The van der Waals surface area contributed by atoms with Crippen molar-refractivity contribution < 1.29 is 13.2 Å². The Bertz CT molecular complexity index is 429. The van der Waals surface area contributed by atoms with Gasteiger partial charge in [-0.3, -0.25) is 0 Å². The van der Waals surface area contributed by atoms with Gasteiger partial charge in [0.1, 0.15) is 0 Å². The van der Waals surface area contributed by atoms with E-state index in [-0.39, 0.29) is 5.56 Å². The van der Waals surface area contributed by atoms with E-state index in [1.165, 1.54) is 12.1 Å². The summed E-state index contributed by atoms with van der Waals surface area (Å²) >= 11 is 3.00. The van der Waals surface area contributed by atoms with Crippen molar-refractivity contribution in [1.29, 1.82) is 0 Å². The van der Waals surface area contributed by atoms with E-state index < -0.39 is 11.7 Å². The normalized spacial score (nSPS) is 10.8. The predicted octanol–water partition coefficient (Wildman–Crippen LogP) is 3.17. The Morgan fingerprint density at radius 2 is 2.00 bits per heavy atom. The molecule has 0 amide bonds. The predicted molar refractivity (Wildman–Crippen MR) is 59.7 cm³/mol. The third-order valence-corrected chi connectivity index (χ3v) is 2.27. The maximum Gasteiger partial charge on any atom is 0.417 e. The van der Waals surface area contributed by atoms with E-state index >= 15 is 0 Å². The highest BCUT2D eigenvalue weighted by atomic mass is 79.9. The number of hydrogen-bond acceptors (Lipinski definition) is 1.